The molecule has 1 amide bonds. The summed E-state index contributed by atoms with van der Waals surface area (Å²) in [6.07, 6.45) is 4.53. The van der Waals surface area contributed by atoms with Crippen LogP contribution in [0.15, 0.2) is 6.20 Å². The molecule has 0 bridgehead atoms. The van der Waals surface area contributed by atoms with Crippen LogP contribution in [0.2, 0.25) is 0 Å². The van der Waals surface area contributed by atoms with Crippen LogP contribution in [0.5, 0.6) is 0 Å². The summed E-state index contributed by atoms with van der Waals surface area (Å²) in [4.78, 5) is 15.4. The SMILES string of the molecule is CC(=O)N1CCC(n2cc(CN3CC[C@@H](O)C3)nn2)CC1. The van der Waals surface area contributed by atoms with Crippen molar-refractivity contribution in [3.8, 4) is 0 Å². The summed E-state index contributed by atoms with van der Waals surface area (Å²) in [5, 5.41) is 18.0. The Morgan fingerprint density at radius 1 is 1.33 bits per heavy atom. The van der Waals surface area contributed by atoms with Gasteiger partial charge in [-0.05, 0) is 19.3 Å². The first-order valence-electron chi connectivity index (χ1n) is 7.68. The van der Waals surface area contributed by atoms with E-state index in [1.54, 1.807) is 6.92 Å². The van der Waals surface area contributed by atoms with E-state index >= 15 is 0 Å². The summed E-state index contributed by atoms with van der Waals surface area (Å²) in [5.41, 5.74) is 0.957. The third-order valence-electron chi connectivity index (χ3n) is 4.47. The highest BCUT2D eigenvalue weighted by atomic mass is 16.3. The van der Waals surface area contributed by atoms with Gasteiger partial charge in [-0.3, -0.25) is 9.69 Å². The molecule has 2 aliphatic rings. The molecule has 1 aromatic heterocycles. The third-order valence-corrected chi connectivity index (χ3v) is 4.47. The highest BCUT2D eigenvalue weighted by Crippen LogP contribution is 2.22. The van der Waals surface area contributed by atoms with E-state index < -0.39 is 0 Å². The third kappa shape index (κ3) is 3.41. The number of aromatic nitrogens is 3. The van der Waals surface area contributed by atoms with Crippen molar-refractivity contribution in [2.24, 2.45) is 0 Å². The van der Waals surface area contributed by atoms with Crippen LogP contribution in [0, 0.1) is 0 Å². The van der Waals surface area contributed by atoms with Crippen LogP contribution in [0.1, 0.15) is 37.9 Å². The van der Waals surface area contributed by atoms with Crippen molar-refractivity contribution in [3.63, 3.8) is 0 Å². The molecule has 1 N–H and O–H groups in total. The zero-order valence-electron chi connectivity index (χ0n) is 12.5. The Bertz CT molecular complexity index is 495. The first-order chi connectivity index (χ1) is 10.1. The van der Waals surface area contributed by atoms with Crippen molar-refractivity contribution in [1.29, 1.82) is 0 Å². The molecule has 2 fully saturated rings. The number of aliphatic hydroxyl groups is 1. The molecule has 7 heteroatoms. The van der Waals surface area contributed by atoms with E-state index in [9.17, 15) is 9.90 Å². The minimum Gasteiger partial charge on any atom is -0.392 e. The Labute approximate surface area is 124 Å². The van der Waals surface area contributed by atoms with Gasteiger partial charge in [0.25, 0.3) is 0 Å². The largest absolute Gasteiger partial charge is 0.392 e. The first kappa shape index (κ1) is 14.5. The van der Waals surface area contributed by atoms with E-state index in [1.807, 2.05) is 15.8 Å². The maximum absolute atomic E-state index is 11.3. The number of rotatable bonds is 3. The van der Waals surface area contributed by atoms with Gasteiger partial charge in [0.1, 0.15) is 0 Å². The molecule has 0 radical (unpaired) electrons. The summed E-state index contributed by atoms with van der Waals surface area (Å²) in [7, 11) is 0. The minimum absolute atomic E-state index is 0.153. The number of carbonyl (C=O) groups is 1. The second kappa shape index (κ2) is 6.11. The number of aliphatic hydroxyl groups excluding tert-OH is 1. The maximum Gasteiger partial charge on any atom is 0.219 e. The van der Waals surface area contributed by atoms with E-state index in [1.165, 1.54) is 0 Å². The fourth-order valence-corrected chi connectivity index (χ4v) is 3.19. The van der Waals surface area contributed by atoms with Crippen LogP contribution in [-0.2, 0) is 11.3 Å². The number of carbonyl (C=O) groups excluding carboxylic acids is 1. The number of piperidine rings is 1. The molecule has 0 aromatic carbocycles. The molecule has 2 aliphatic heterocycles. The van der Waals surface area contributed by atoms with E-state index in [2.05, 4.69) is 15.2 Å². The van der Waals surface area contributed by atoms with Crippen molar-refractivity contribution in [2.75, 3.05) is 26.2 Å². The molecule has 2 saturated heterocycles. The monoisotopic (exact) mass is 293 g/mol. The van der Waals surface area contributed by atoms with Crippen LogP contribution < -0.4 is 0 Å². The van der Waals surface area contributed by atoms with Crippen molar-refractivity contribution < 1.29 is 9.90 Å². The van der Waals surface area contributed by atoms with E-state index in [0.717, 1.165) is 57.7 Å². The van der Waals surface area contributed by atoms with Gasteiger partial charge in [-0.15, -0.1) is 5.10 Å². The van der Waals surface area contributed by atoms with Crippen molar-refractivity contribution in [3.05, 3.63) is 11.9 Å². The zero-order valence-corrected chi connectivity index (χ0v) is 12.5. The molecule has 116 valence electrons. The zero-order chi connectivity index (χ0) is 14.8. The van der Waals surface area contributed by atoms with Crippen molar-refractivity contribution >= 4 is 5.91 Å². The van der Waals surface area contributed by atoms with Crippen molar-refractivity contribution in [1.82, 2.24) is 24.8 Å². The van der Waals surface area contributed by atoms with Gasteiger partial charge in [-0.1, -0.05) is 5.21 Å². The van der Waals surface area contributed by atoms with Crippen LogP contribution >= 0.6 is 0 Å². The smallest absolute Gasteiger partial charge is 0.219 e. The standard InChI is InChI=1S/C14H23N5O2/c1-11(20)18-6-2-13(3-7-18)19-9-12(15-16-19)8-17-5-4-14(21)10-17/h9,13-14,21H,2-8,10H2,1H3/t14-/m1/s1. The number of hydrogen-bond acceptors (Lipinski definition) is 5. The first-order valence-corrected chi connectivity index (χ1v) is 7.68. The van der Waals surface area contributed by atoms with Gasteiger partial charge in [0, 0.05) is 39.6 Å². The lowest BCUT2D eigenvalue weighted by molar-refractivity contribution is -0.130. The Balaban J connectivity index is 1.54. The lowest BCUT2D eigenvalue weighted by Crippen LogP contribution is -2.37. The average Bonchev–Trinajstić information content (AvgIpc) is 3.09. The van der Waals surface area contributed by atoms with Gasteiger partial charge in [0.2, 0.25) is 5.91 Å². The molecule has 1 atom stereocenters. The van der Waals surface area contributed by atoms with E-state index in [4.69, 9.17) is 0 Å². The second-order valence-corrected chi connectivity index (χ2v) is 6.10. The summed E-state index contributed by atoms with van der Waals surface area (Å²) in [6, 6.07) is 0.339. The Kier molecular flexibility index (Phi) is 4.21. The summed E-state index contributed by atoms with van der Waals surface area (Å²) < 4.78 is 1.94. The molecule has 21 heavy (non-hydrogen) atoms. The number of likely N-dealkylation sites (tertiary alicyclic amines) is 2. The minimum atomic E-state index is -0.198. The highest BCUT2D eigenvalue weighted by molar-refractivity contribution is 5.73. The summed E-state index contributed by atoms with van der Waals surface area (Å²) in [5.74, 6) is 0.153. The molecule has 0 spiro atoms. The molecule has 0 saturated carbocycles. The number of nitrogens with zero attached hydrogens (tertiary/aromatic N) is 5. The van der Waals surface area contributed by atoms with Crippen LogP contribution in [-0.4, -0.2) is 68.1 Å². The normalized spacial score (nSPS) is 24.7. The fraction of sp³-hybridized carbons (Fsp3) is 0.786. The van der Waals surface area contributed by atoms with Gasteiger partial charge in [0.15, 0.2) is 0 Å². The number of hydrogen-bond donors (Lipinski definition) is 1. The van der Waals surface area contributed by atoms with Crippen LogP contribution in [0.4, 0.5) is 0 Å². The molecular formula is C14H23N5O2. The highest BCUT2D eigenvalue weighted by Gasteiger charge is 2.24. The second-order valence-electron chi connectivity index (χ2n) is 6.10. The van der Waals surface area contributed by atoms with Crippen LogP contribution in [0.3, 0.4) is 0 Å². The molecule has 3 rings (SSSR count). The van der Waals surface area contributed by atoms with Gasteiger partial charge < -0.3 is 10.0 Å². The molecule has 1 aromatic rings. The number of amides is 1. The van der Waals surface area contributed by atoms with Gasteiger partial charge in [-0.2, -0.15) is 0 Å². The molecule has 3 heterocycles. The molecular weight excluding hydrogens is 270 g/mol. The van der Waals surface area contributed by atoms with E-state index in [-0.39, 0.29) is 12.0 Å². The molecule has 7 nitrogen and oxygen atoms in total. The summed E-state index contributed by atoms with van der Waals surface area (Å²) in [6.45, 7) is 5.62. The van der Waals surface area contributed by atoms with Crippen LogP contribution in [0.25, 0.3) is 0 Å². The molecule has 0 aliphatic carbocycles. The number of β-amino-alcohol motifs (C(OH)–C–C–N with tert-alkyl or cyclic N) is 1. The quantitative estimate of drug-likeness (QED) is 0.851. The summed E-state index contributed by atoms with van der Waals surface area (Å²) >= 11 is 0. The molecule has 0 unspecified atom stereocenters. The van der Waals surface area contributed by atoms with Gasteiger partial charge >= 0.3 is 0 Å². The fourth-order valence-electron chi connectivity index (χ4n) is 3.19. The Morgan fingerprint density at radius 2 is 2.10 bits per heavy atom. The predicted molar refractivity (Wildman–Crippen MR) is 76.4 cm³/mol. The van der Waals surface area contributed by atoms with E-state index in [0.29, 0.717) is 6.04 Å². The van der Waals surface area contributed by atoms with Gasteiger partial charge in [-0.25, -0.2) is 4.68 Å². The maximum atomic E-state index is 11.3. The lowest BCUT2D eigenvalue weighted by atomic mass is 10.1. The Morgan fingerprint density at radius 3 is 2.71 bits per heavy atom. The lowest BCUT2D eigenvalue weighted by Gasteiger charge is -2.31. The predicted octanol–water partition coefficient (Wildman–Crippen LogP) is 0.0281. The average molecular weight is 293 g/mol. The Hall–Kier alpha value is -1.47. The topological polar surface area (TPSA) is 74.5 Å². The van der Waals surface area contributed by atoms with Gasteiger partial charge in [0.05, 0.1) is 24.0 Å². The van der Waals surface area contributed by atoms with Crippen molar-refractivity contribution in [2.45, 2.75) is 44.9 Å².